The zero-order chi connectivity index (χ0) is 20.5. The van der Waals surface area contributed by atoms with Gasteiger partial charge in [0.05, 0.1) is 31.3 Å². The smallest absolute Gasteiger partial charge is 0.314 e. The van der Waals surface area contributed by atoms with Crippen molar-refractivity contribution in [3.63, 3.8) is 0 Å². The second-order valence-electron chi connectivity index (χ2n) is 5.81. The Balaban J connectivity index is 0. The van der Waals surface area contributed by atoms with Crippen LogP contribution in [0.25, 0.3) is 0 Å². The van der Waals surface area contributed by atoms with Crippen molar-refractivity contribution in [2.45, 2.75) is 70.9 Å². The highest BCUT2D eigenvalue weighted by Crippen LogP contribution is 2.29. The molecule has 160 valence electrons. The third-order valence-corrected chi connectivity index (χ3v) is 3.97. The molecule has 0 fully saturated rings. The number of halogens is 2. The van der Waals surface area contributed by atoms with Crippen LogP contribution in [0.2, 0.25) is 0 Å². The summed E-state index contributed by atoms with van der Waals surface area (Å²) in [5, 5.41) is 10.5. The maximum atomic E-state index is 10.5. The fraction of sp³-hybridized carbons (Fsp3) is 1.00. The molecular formula is C16H35Cl2O7P. The van der Waals surface area contributed by atoms with E-state index < -0.39 is 19.8 Å². The first-order valence-corrected chi connectivity index (χ1v) is 11.3. The molecule has 0 aliphatic carbocycles. The van der Waals surface area contributed by atoms with Gasteiger partial charge in [-0.25, -0.2) is 0 Å². The summed E-state index contributed by atoms with van der Waals surface area (Å²) in [7, 11) is -3.13. The van der Waals surface area contributed by atoms with Gasteiger partial charge in [-0.1, -0.05) is 20.8 Å². The summed E-state index contributed by atoms with van der Waals surface area (Å²) < 4.78 is 26.3. The number of alkyl halides is 2. The van der Waals surface area contributed by atoms with Gasteiger partial charge in [0, 0.05) is 12.3 Å². The Labute approximate surface area is 167 Å². The Morgan fingerprint density at radius 2 is 1.23 bits per heavy atom. The standard InChI is InChI=1S/C16H32Cl2O4.H3O3P/c1-4-11-20-16(21-12-5-2,22-13-6-3)8-7-15(19,14-18)9-10-17;1-4(2)3/h19H,4-14H2,1-3H3;4H,(H2,1,2,3). The molecule has 0 rings (SSSR count). The van der Waals surface area contributed by atoms with Crippen molar-refractivity contribution in [1.29, 1.82) is 0 Å². The lowest BCUT2D eigenvalue weighted by Gasteiger charge is -2.36. The molecule has 0 saturated carbocycles. The van der Waals surface area contributed by atoms with Crippen LogP contribution in [0.15, 0.2) is 0 Å². The van der Waals surface area contributed by atoms with E-state index in [1.807, 2.05) is 20.8 Å². The van der Waals surface area contributed by atoms with Crippen molar-refractivity contribution >= 4 is 31.5 Å². The van der Waals surface area contributed by atoms with Crippen LogP contribution in [0, 0.1) is 0 Å². The second kappa shape index (κ2) is 17.7. The van der Waals surface area contributed by atoms with E-state index in [4.69, 9.17) is 51.8 Å². The molecular weight excluding hydrogens is 406 g/mol. The van der Waals surface area contributed by atoms with E-state index >= 15 is 0 Å². The van der Waals surface area contributed by atoms with E-state index in [9.17, 15) is 5.11 Å². The minimum Gasteiger partial charge on any atom is -0.389 e. The number of ether oxygens (including phenoxy) is 3. The van der Waals surface area contributed by atoms with E-state index in [0.29, 0.717) is 45.0 Å². The molecule has 0 aliphatic heterocycles. The van der Waals surface area contributed by atoms with Crippen molar-refractivity contribution in [3.8, 4) is 0 Å². The largest absolute Gasteiger partial charge is 0.389 e. The van der Waals surface area contributed by atoms with Gasteiger partial charge >= 0.3 is 8.25 Å². The van der Waals surface area contributed by atoms with Crippen LogP contribution in [0.1, 0.15) is 59.3 Å². The molecule has 0 amide bonds. The molecule has 0 heterocycles. The zero-order valence-corrected chi connectivity index (χ0v) is 18.5. The molecule has 0 aromatic heterocycles. The molecule has 3 N–H and O–H groups in total. The van der Waals surface area contributed by atoms with Crippen molar-refractivity contribution in [2.24, 2.45) is 0 Å². The van der Waals surface area contributed by atoms with Gasteiger partial charge in [0.15, 0.2) is 0 Å². The lowest BCUT2D eigenvalue weighted by molar-refractivity contribution is -0.385. The Morgan fingerprint density at radius 3 is 1.50 bits per heavy atom. The third-order valence-electron chi connectivity index (χ3n) is 3.28. The molecule has 0 aliphatic rings. The van der Waals surface area contributed by atoms with E-state index in [1.54, 1.807) is 0 Å². The summed E-state index contributed by atoms with van der Waals surface area (Å²) >= 11 is 11.7. The lowest BCUT2D eigenvalue weighted by Crippen LogP contribution is -2.43. The molecule has 0 spiro atoms. The van der Waals surface area contributed by atoms with Crippen molar-refractivity contribution in [2.75, 3.05) is 31.6 Å². The minimum atomic E-state index is -3.13. The quantitative estimate of drug-likeness (QED) is 0.202. The van der Waals surface area contributed by atoms with Crippen LogP contribution in [0.4, 0.5) is 0 Å². The van der Waals surface area contributed by atoms with Crippen molar-refractivity contribution in [3.05, 3.63) is 0 Å². The zero-order valence-electron chi connectivity index (χ0n) is 16.0. The molecule has 0 saturated heterocycles. The third kappa shape index (κ3) is 15.6. The molecule has 0 aromatic rings. The van der Waals surface area contributed by atoms with Gasteiger partial charge in [0.2, 0.25) is 0 Å². The van der Waals surface area contributed by atoms with Gasteiger partial charge in [-0.05, 0) is 32.1 Å². The highest BCUT2D eigenvalue weighted by Gasteiger charge is 2.37. The number of rotatable bonds is 15. The summed E-state index contributed by atoms with van der Waals surface area (Å²) in [6.45, 7) is 7.74. The van der Waals surface area contributed by atoms with Gasteiger partial charge in [-0.15, -0.1) is 23.2 Å². The van der Waals surface area contributed by atoms with Crippen LogP contribution in [-0.2, 0) is 18.8 Å². The van der Waals surface area contributed by atoms with Crippen LogP contribution in [-0.4, -0.2) is 58.0 Å². The fourth-order valence-corrected chi connectivity index (χ4v) is 2.55. The average molecular weight is 441 g/mol. The number of aliphatic hydroxyl groups is 1. The van der Waals surface area contributed by atoms with Gasteiger partial charge in [-0.2, -0.15) is 0 Å². The predicted octanol–water partition coefficient (Wildman–Crippen LogP) is 3.66. The van der Waals surface area contributed by atoms with E-state index in [0.717, 1.165) is 19.3 Å². The van der Waals surface area contributed by atoms with E-state index in [2.05, 4.69) is 0 Å². The molecule has 1 atom stereocenters. The topological polar surface area (TPSA) is 105 Å². The average Bonchev–Trinajstić information content (AvgIpc) is 2.60. The van der Waals surface area contributed by atoms with Crippen LogP contribution >= 0.6 is 31.5 Å². The molecule has 0 bridgehead atoms. The summed E-state index contributed by atoms with van der Waals surface area (Å²) in [5.41, 5.74) is -1.02. The number of hydrogen-bond donors (Lipinski definition) is 3. The van der Waals surface area contributed by atoms with Gasteiger partial charge in [0.25, 0.3) is 5.97 Å². The molecule has 10 heteroatoms. The van der Waals surface area contributed by atoms with Gasteiger partial charge < -0.3 is 29.1 Å². The second-order valence-corrected chi connectivity index (χ2v) is 7.02. The molecule has 26 heavy (non-hydrogen) atoms. The van der Waals surface area contributed by atoms with Gasteiger partial charge in [-0.3, -0.25) is 4.57 Å². The summed E-state index contributed by atoms with van der Waals surface area (Å²) in [6.07, 6.45) is 3.88. The monoisotopic (exact) mass is 440 g/mol. The summed E-state index contributed by atoms with van der Waals surface area (Å²) in [4.78, 5) is 14.3. The fourth-order valence-electron chi connectivity index (χ4n) is 1.93. The van der Waals surface area contributed by atoms with E-state index in [1.165, 1.54) is 0 Å². The Hall–Kier alpha value is 0.570. The first kappa shape index (κ1) is 28.8. The molecule has 0 radical (unpaired) electrons. The summed E-state index contributed by atoms with van der Waals surface area (Å²) in [5.74, 6) is -0.614. The SMILES string of the molecule is CCCOC(CCC(O)(CCl)CCCl)(OCCC)OCCC.O=[PH](O)O. The molecule has 0 aromatic carbocycles. The van der Waals surface area contributed by atoms with Crippen molar-refractivity contribution < 1.29 is 33.7 Å². The highest BCUT2D eigenvalue weighted by molar-refractivity contribution is 7.30. The highest BCUT2D eigenvalue weighted by atomic mass is 35.5. The first-order chi connectivity index (χ1) is 12.2. The summed E-state index contributed by atoms with van der Waals surface area (Å²) in [6, 6.07) is 0. The van der Waals surface area contributed by atoms with Gasteiger partial charge in [0.1, 0.15) is 0 Å². The predicted molar refractivity (Wildman–Crippen MR) is 105 cm³/mol. The lowest BCUT2D eigenvalue weighted by atomic mass is 9.96. The van der Waals surface area contributed by atoms with Crippen LogP contribution < -0.4 is 0 Å². The van der Waals surface area contributed by atoms with Crippen molar-refractivity contribution in [1.82, 2.24) is 0 Å². The number of hydrogen-bond acceptors (Lipinski definition) is 5. The normalized spacial score (nSPS) is 14.0. The Kier molecular flexibility index (Phi) is 19.5. The van der Waals surface area contributed by atoms with Crippen LogP contribution in [0.5, 0.6) is 0 Å². The van der Waals surface area contributed by atoms with Crippen LogP contribution in [0.3, 0.4) is 0 Å². The maximum absolute atomic E-state index is 10.5. The van der Waals surface area contributed by atoms with E-state index in [-0.39, 0.29) is 5.88 Å². The first-order valence-electron chi connectivity index (χ1n) is 8.92. The Morgan fingerprint density at radius 1 is 0.846 bits per heavy atom. The maximum Gasteiger partial charge on any atom is 0.314 e. The molecule has 7 nitrogen and oxygen atoms in total. The molecule has 1 unspecified atom stereocenters. The minimum absolute atomic E-state index is 0.130. The Bertz CT molecular complexity index is 325.